The van der Waals surface area contributed by atoms with Crippen molar-refractivity contribution in [3.63, 3.8) is 0 Å². The Morgan fingerprint density at radius 1 is 0.900 bits per heavy atom. The molecule has 0 nitrogen and oxygen atoms in total. The van der Waals surface area contributed by atoms with E-state index in [0.717, 1.165) is 5.50 Å². The van der Waals surface area contributed by atoms with Gasteiger partial charge in [0.05, 0.1) is 8.07 Å². The molecule has 2 heteroatoms. The van der Waals surface area contributed by atoms with Gasteiger partial charge in [0.1, 0.15) is 0 Å². The number of unbranched alkanes of at least 4 members (excludes halogenated alkanes) is 1. The smallest absolute Gasteiger partial charge is 0.0989 e. The van der Waals surface area contributed by atoms with Crippen LogP contribution in [-0.4, -0.2) is 13.6 Å². The highest BCUT2D eigenvalue weighted by molar-refractivity contribution is 6.95. The minimum absolute atomic E-state index is 0.817. The van der Waals surface area contributed by atoms with Crippen LogP contribution in [-0.2, 0) is 0 Å². The van der Waals surface area contributed by atoms with Gasteiger partial charge in [0, 0.05) is 5.50 Å². The normalized spacial score (nSPS) is 13.9. The van der Waals surface area contributed by atoms with Crippen molar-refractivity contribution in [2.45, 2.75) is 32.4 Å². The average molecular weight is 303 g/mol. The fraction of sp³-hybridized carbons (Fsp3) is 0.333. The van der Waals surface area contributed by atoms with E-state index in [1.807, 2.05) is 0 Å². The third kappa shape index (κ3) is 3.53. The van der Waals surface area contributed by atoms with Gasteiger partial charge >= 0.3 is 0 Å². The zero-order valence-electron chi connectivity index (χ0n) is 12.4. The molecule has 2 aromatic rings. The molecule has 0 aliphatic heterocycles. The van der Waals surface area contributed by atoms with E-state index in [-0.39, 0.29) is 0 Å². The quantitative estimate of drug-likeness (QED) is 0.507. The molecule has 0 bridgehead atoms. The first-order chi connectivity index (χ1) is 9.69. The molecule has 20 heavy (non-hydrogen) atoms. The summed E-state index contributed by atoms with van der Waals surface area (Å²) in [4.78, 5) is 0. The number of halogens is 1. The Kier molecular flexibility index (Phi) is 5.44. The zero-order valence-corrected chi connectivity index (χ0v) is 14.2. The SMILES string of the molecule is CCCC[Si](C)(CCl)c1ccc(-c2ccccc2)cc1. The first-order valence-corrected chi connectivity index (χ1v) is 10.9. The van der Waals surface area contributed by atoms with Crippen molar-refractivity contribution in [1.29, 1.82) is 0 Å². The maximum Gasteiger partial charge on any atom is 0.0989 e. The molecule has 0 spiro atoms. The topological polar surface area (TPSA) is 0 Å². The second-order valence-corrected chi connectivity index (χ2v) is 11.0. The van der Waals surface area contributed by atoms with Crippen LogP contribution in [0.1, 0.15) is 19.8 Å². The maximum atomic E-state index is 6.30. The summed E-state index contributed by atoms with van der Waals surface area (Å²) in [6, 6.07) is 20.9. The van der Waals surface area contributed by atoms with Gasteiger partial charge < -0.3 is 0 Å². The lowest BCUT2D eigenvalue weighted by Crippen LogP contribution is -2.46. The molecular formula is C18H23ClSi. The minimum atomic E-state index is -1.48. The summed E-state index contributed by atoms with van der Waals surface area (Å²) in [5, 5.41) is 1.49. The monoisotopic (exact) mass is 302 g/mol. The number of hydrogen-bond acceptors (Lipinski definition) is 0. The third-order valence-corrected chi connectivity index (χ3v) is 9.61. The Hall–Kier alpha value is -1.05. The van der Waals surface area contributed by atoms with Gasteiger partial charge in [-0.3, -0.25) is 0 Å². The van der Waals surface area contributed by atoms with E-state index in [2.05, 4.69) is 68.1 Å². The van der Waals surface area contributed by atoms with Crippen molar-refractivity contribution < 1.29 is 0 Å². The van der Waals surface area contributed by atoms with Crippen LogP contribution < -0.4 is 5.19 Å². The van der Waals surface area contributed by atoms with Gasteiger partial charge in [-0.2, -0.15) is 0 Å². The Morgan fingerprint density at radius 3 is 2.05 bits per heavy atom. The predicted molar refractivity (Wildman–Crippen MR) is 93.6 cm³/mol. The van der Waals surface area contributed by atoms with Crippen LogP contribution in [0.2, 0.25) is 12.6 Å². The van der Waals surface area contributed by atoms with Crippen molar-refractivity contribution in [2.24, 2.45) is 0 Å². The van der Waals surface area contributed by atoms with Crippen LogP contribution in [0.5, 0.6) is 0 Å². The zero-order chi connectivity index (χ0) is 14.4. The van der Waals surface area contributed by atoms with Gasteiger partial charge in [-0.15, -0.1) is 11.6 Å². The van der Waals surface area contributed by atoms with Gasteiger partial charge in [0.25, 0.3) is 0 Å². The Bertz CT molecular complexity index is 521. The van der Waals surface area contributed by atoms with E-state index in [4.69, 9.17) is 11.6 Å². The highest BCUT2D eigenvalue weighted by Gasteiger charge is 2.27. The van der Waals surface area contributed by atoms with Crippen molar-refractivity contribution in [3.8, 4) is 11.1 Å². The standard InChI is InChI=1S/C18H23ClSi/c1-3-4-14-20(2,15-19)18-12-10-17(11-13-18)16-8-6-5-7-9-16/h5-13H,3-4,14-15H2,1-2H3. The van der Waals surface area contributed by atoms with Crippen LogP contribution in [0.25, 0.3) is 11.1 Å². The second-order valence-electron chi connectivity index (χ2n) is 5.74. The van der Waals surface area contributed by atoms with E-state index < -0.39 is 8.07 Å². The summed E-state index contributed by atoms with van der Waals surface area (Å²) in [6.07, 6.45) is 2.54. The van der Waals surface area contributed by atoms with E-state index in [1.54, 1.807) is 0 Å². The molecule has 0 aliphatic rings. The average Bonchev–Trinajstić information content (AvgIpc) is 2.53. The summed E-state index contributed by atoms with van der Waals surface area (Å²) in [5.74, 6) is 0. The molecule has 0 fully saturated rings. The van der Waals surface area contributed by atoms with Crippen molar-refractivity contribution in [3.05, 3.63) is 54.6 Å². The molecule has 0 N–H and O–H groups in total. The molecule has 0 aliphatic carbocycles. The predicted octanol–water partition coefficient (Wildman–Crippen LogP) is 5.22. The van der Waals surface area contributed by atoms with Crippen LogP contribution in [0, 0.1) is 0 Å². The Labute approximate surface area is 128 Å². The van der Waals surface area contributed by atoms with Gasteiger partial charge in [-0.05, 0) is 11.1 Å². The highest BCUT2D eigenvalue weighted by atomic mass is 35.5. The van der Waals surface area contributed by atoms with Crippen LogP contribution in [0.4, 0.5) is 0 Å². The van der Waals surface area contributed by atoms with Crippen LogP contribution in [0.15, 0.2) is 54.6 Å². The van der Waals surface area contributed by atoms with Crippen LogP contribution >= 0.6 is 11.6 Å². The van der Waals surface area contributed by atoms with E-state index in [9.17, 15) is 0 Å². The first-order valence-electron chi connectivity index (χ1n) is 7.41. The number of alkyl halides is 1. The van der Waals surface area contributed by atoms with Gasteiger partial charge in [-0.1, -0.05) is 92.1 Å². The van der Waals surface area contributed by atoms with Gasteiger partial charge in [-0.25, -0.2) is 0 Å². The highest BCUT2D eigenvalue weighted by Crippen LogP contribution is 2.20. The van der Waals surface area contributed by atoms with Crippen LogP contribution in [0.3, 0.4) is 0 Å². The summed E-state index contributed by atoms with van der Waals surface area (Å²) >= 11 is 6.30. The summed E-state index contributed by atoms with van der Waals surface area (Å²) in [5.41, 5.74) is 3.38. The molecule has 0 saturated heterocycles. The molecule has 0 aromatic heterocycles. The molecule has 2 aromatic carbocycles. The Morgan fingerprint density at radius 2 is 1.50 bits per heavy atom. The van der Waals surface area contributed by atoms with E-state index in [1.165, 1.54) is 35.2 Å². The van der Waals surface area contributed by atoms with E-state index >= 15 is 0 Å². The maximum absolute atomic E-state index is 6.30. The minimum Gasteiger partial charge on any atom is -0.130 e. The van der Waals surface area contributed by atoms with Crippen molar-refractivity contribution in [2.75, 3.05) is 5.50 Å². The molecule has 2 rings (SSSR count). The number of hydrogen-bond donors (Lipinski definition) is 0. The van der Waals surface area contributed by atoms with E-state index in [0.29, 0.717) is 0 Å². The lowest BCUT2D eigenvalue weighted by molar-refractivity contribution is 0.870. The molecule has 0 radical (unpaired) electrons. The lowest BCUT2D eigenvalue weighted by Gasteiger charge is -2.25. The fourth-order valence-corrected chi connectivity index (χ4v) is 6.10. The molecular weight excluding hydrogens is 280 g/mol. The third-order valence-electron chi connectivity index (χ3n) is 4.07. The molecule has 1 atom stereocenters. The number of benzene rings is 2. The lowest BCUT2D eigenvalue weighted by atomic mass is 10.1. The van der Waals surface area contributed by atoms with Gasteiger partial charge in [0.15, 0.2) is 0 Å². The molecule has 0 heterocycles. The fourth-order valence-electron chi connectivity index (χ4n) is 2.55. The largest absolute Gasteiger partial charge is 0.130 e. The number of rotatable bonds is 6. The summed E-state index contributed by atoms with van der Waals surface area (Å²) in [6.45, 7) is 4.66. The van der Waals surface area contributed by atoms with Crippen molar-refractivity contribution in [1.82, 2.24) is 0 Å². The van der Waals surface area contributed by atoms with Crippen molar-refractivity contribution >= 4 is 24.9 Å². The molecule has 106 valence electrons. The first kappa shape index (κ1) is 15.3. The molecule has 1 unspecified atom stereocenters. The molecule has 0 amide bonds. The summed E-state index contributed by atoms with van der Waals surface area (Å²) < 4.78 is 0. The Balaban J connectivity index is 2.23. The summed E-state index contributed by atoms with van der Waals surface area (Å²) in [7, 11) is -1.48. The van der Waals surface area contributed by atoms with Gasteiger partial charge in [0.2, 0.25) is 0 Å². The second kappa shape index (κ2) is 7.10. The molecule has 0 saturated carbocycles.